The van der Waals surface area contributed by atoms with Gasteiger partial charge in [-0.25, -0.2) is 4.39 Å². The van der Waals surface area contributed by atoms with Gasteiger partial charge in [-0.1, -0.05) is 25.3 Å². The van der Waals surface area contributed by atoms with Crippen LogP contribution >= 0.6 is 0 Å². The van der Waals surface area contributed by atoms with Gasteiger partial charge in [0.1, 0.15) is 5.83 Å². The minimum Gasteiger partial charge on any atom is -0.309 e. The third-order valence-corrected chi connectivity index (χ3v) is 1.36. The van der Waals surface area contributed by atoms with Crippen molar-refractivity contribution in [1.82, 2.24) is 5.32 Å². The molecule has 1 nitrogen and oxygen atoms in total. The van der Waals surface area contributed by atoms with Crippen molar-refractivity contribution in [1.29, 1.82) is 0 Å². The molecule has 0 heterocycles. The summed E-state index contributed by atoms with van der Waals surface area (Å²) in [6, 6.07) is 0. The lowest BCUT2D eigenvalue weighted by Gasteiger charge is -1.87. The second kappa shape index (κ2) is 8.28. The first-order valence-electron chi connectivity index (χ1n) is 4.56. The van der Waals surface area contributed by atoms with Gasteiger partial charge in [-0.05, 0) is 31.7 Å². The Kier molecular flexibility index (Phi) is 7.49. The Morgan fingerprint density at radius 1 is 1.50 bits per heavy atom. The molecule has 0 atom stereocenters. The lowest BCUT2D eigenvalue weighted by atomic mass is 10.2. The molecule has 0 aliphatic heterocycles. The molecule has 14 heavy (non-hydrogen) atoms. The number of allylic oxidation sites excluding steroid dienone is 5. The number of halogens is 1. The summed E-state index contributed by atoms with van der Waals surface area (Å²) in [4.78, 5) is 0. The maximum Gasteiger partial charge on any atom is 0.119 e. The molecule has 0 fully saturated rings. The van der Waals surface area contributed by atoms with Crippen molar-refractivity contribution in [3.8, 4) is 11.8 Å². The van der Waals surface area contributed by atoms with Crippen molar-refractivity contribution in [3.05, 3.63) is 36.2 Å². The molecule has 0 radical (unpaired) electrons. The van der Waals surface area contributed by atoms with Gasteiger partial charge in [0.05, 0.1) is 6.54 Å². The average Bonchev–Trinajstić information content (AvgIpc) is 2.16. The fourth-order valence-corrected chi connectivity index (χ4v) is 0.731. The number of hydrogen-bond acceptors (Lipinski definition) is 1. The van der Waals surface area contributed by atoms with Crippen molar-refractivity contribution in [3.63, 3.8) is 0 Å². The summed E-state index contributed by atoms with van der Waals surface area (Å²) < 4.78 is 12.8. The van der Waals surface area contributed by atoms with E-state index in [2.05, 4.69) is 23.7 Å². The van der Waals surface area contributed by atoms with E-state index in [4.69, 9.17) is 0 Å². The van der Waals surface area contributed by atoms with Gasteiger partial charge >= 0.3 is 0 Å². The summed E-state index contributed by atoms with van der Waals surface area (Å²) in [6.45, 7) is 6.17. The molecule has 0 saturated carbocycles. The number of hydrogen-bond donors (Lipinski definition) is 1. The van der Waals surface area contributed by atoms with Gasteiger partial charge in [-0.2, -0.15) is 0 Å². The molecule has 0 saturated heterocycles. The molecular formula is C12H16FN. The van der Waals surface area contributed by atoms with Crippen LogP contribution < -0.4 is 5.32 Å². The fourth-order valence-electron chi connectivity index (χ4n) is 0.731. The van der Waals surface area contributed by atoms with Gasteiger partial charge in [-0.15, -0.1) is 0 Å². The van der Waals surface area contributed by atoms with Gasteiger partial charge in [0.2, 0.25) is 0 Å². The molecule has 0 amide bonds. The van der Waals surface area contributed by atoms with Crippen molar-refractivity contribution in [2.75, 3.05) is 13.6 Å². The monoisotopic (exact) mass is 193 g/mol. The van der Waals surface area contributed by atoms with Crippen molar-refractivity contribution in [2.24, 2.45) is 0 Å². The van der Waals surface area contributed by atoms with Crippen molar-refractivity contribution < 1.29 is 4.39 Å². The highest BCUT2D eigenvalue weighted by Gasteiger charge is 1.85. The summed E-state index contributed by atoms with van der Waals surface area (Å²) in [5.74, 6) is 5.38. The van der Waals surface area contributed by atoms with E-state index in [1.807, 2.05) is 14.0 Å². The summed E-state index contributed by atoms with van der Waals surface area (Å²) in [6.07, 6.45) is 5.14. The van der Waals surface area contributed by atoms with Gasteiger partial charge in [-0.3, -0.25) is 0 Å². The quantitative estimate of drug-likeness (QED) is 0.534. The van der Waals surface area contributed by atoms with E-state index in [-0.39, 0.29) is 5.83 Å². The van der Waals surface area contributed by atoms with Crippen LogP contribution in [0, 0.1) is 11.8 Å². The van der Waals surface area contributed by atoms with Crippen LogP contribution in [0.5, 0.6) is 0 Å². The zero-order chi connectivity index (χ0) is 10.8. The molecule has 0 aliphatic carbocycles. The van der Waals surface area contributed by atoms with Crippen LogP contribution in [0.2, 0.25) is 0 Å². The van der Waals surface area contributed by atoms with E-state index < -0.39 is 0 Å². The van der Waals surface area contributed by atoms with Crippen LogP contribution in [-0.4, -0.2) is 13.6 Å². The van der Waals surface area contributed by atoms with Crippen molar-refractivity contribution in [2.45, 2.75) is 13.3 Å². The second-order valence-electron chi connectivity index (χ2n) is 2.69. The first kappa shape index (κ1) is 12.7. The minimum atomic E-state index is -0.246. The van der Waals surface area contributed by atoms with E-state index in [9.17, 15) is 4.39 Å². The Morgan fingerprint density at radius 2 is 2.21 bits per heavy atom. The van der Waals surface area contributed by atoms with E-state index in [0.717, 1.165) is 0 Å². The summed E-state index contributed by atoms with van der Waals surface area (Å²) in [7, 11) is 1.82. The molecule has 0 aromatic heterocycles. The number of nitrogens with one attached hydrogen (secondary N) is 1. The smallest absolute Gasteiger partial charge is 0.119 e. The van der Waals surface area contributed by atoms with Crippen LogP contribution in [0.25, 0.3) is 0 Å². The van der Waals surface area contributed by atoms with Crippen LogP contribution in [0.4, 0.5) is 4.39 Å². The summed E-state index contributed by atoms with van der Waals surface area (Å²) >= 11 is 0. The Balaban J connectivity index is 4.08. The maximum absolute atomic E-state index is 12.8. The highest BCUT2D eigenvalue weighted by Crippen LogP contribution is 2.02. The normalized spacial score (nSPS) is 11.2. The van der Waals surface area contributed by atoms with E-state index in [1.54, 1.807) is 6.08 Å². The van der Waals surface area contributed by atoms with E-state index in [1.165, 1.54) is 12.2 Å². The van der Waals surface area contributed by atoms with Crippen LogP contribution in [0.1, 0.15) is 13.3 Å². The lowest BCUT2D eigenvalue weighted by molar-refractivity contribution is 0.661. The lowest BCUT2D eigenvalue weighted by Crippen LogP contribution is -2.04. The van der Waals surface area contributed by atoms with E-state index in [0.29, 0.717) is 18.5 Å². The first-order chi connectivity index (χ1) is 6.70. The molecule has 0 bridgehead atoms. The van der Waals surface area contributed by atoms with Gasteiger partial charge < -0.3 is 5.32 Å². The highest BCUT2D eigenvalue weighted by atomic mass is 19.1. The number of rotatable bonds is 4. The molecular weight excluding hydrogens is 177 g/mol. The standard InChI is InChI=1S/C12H16FN/c1-4-6-12(13)9-8-11(2)7-5-10-14-3/h6,8-9,14H,2,4,10H2,1,3H3/b9-8-,12-6+. The maximum atomic E-state index is 12.8. The van der Waals surface area contributed by atoms with Gasteiger partial charge in [0, 0.05) is 5.57 Å². The topological polar surface area (TPSA) is 12.0 Å². The summed E-state index contributed by atoms with van der Waals surface area (Å²) in [5, 5.41) is 2.88. The molecule has 0 aromatic rings. The third kappa shape index (κ3) is 7.33. The molecule has 0 rings (SSSR count). The first-order valence-corrected chi connectivity index (χ1v) is 4.56. The Labute approximate surface area is 85.4 Å². The molecule has 0 unspecified atom stereocenters. The molecule has 1 N–H and O–H groups in total. The SMILES string of the molecule is C=C(C#CCNC)/C=C\C(F)=C/CC. The molecule has 0 aromatic carbocycles. The van der Waals surface area contributed by atoms with Crippen LogP contribution in [0.15, 0.2) is 36.2 Å². The van der Waals surface area contributed by atoms with E-state index >= 15 is 0 Å². The van der Waals surface area contributed by atoms with Gasteiger partial charge in [0.15, 0.2) is 0 Å². The fraction of sp³-hybridized carbons (Fsp3) is 0.333. The third-order valence-electron chi connectivity index (χ3n) is 1.36. The summed E-state index contributed by atoms with van der Waals surface area (Å²) in [5.41, 5.74) is 0.611. The zero-order valence-electron chi connectivity index (χ0n) is 8.73. The highest BCUT2D eigenvalue weighted by molar-refractivity contribution is 5.37. The molecule has 2 heteroatoms. The minimum absolute atomic E-state index is 0.246. The Bertz CT molecular complexity index is 289. The largest absolute Gasteiger partial charge is 0.309 e. The average molecular weight is 193 g/mol. The Hall–Kier alpha value is -1.33. The van der Waals surface area contributed by atoms with Crippen LogP contribution in [-0.2, 0) is 0 Å². The Morgan fingerprint density at radius 3 is 2.79 bits per heavy atom. The predicted molar refractivity (Wildman–Crippen MR) is 59.5 cm³/mol. The van der Waals surface area contributed by atoms with Crippen LogP contribution in [0.3, 0.4) is 0 Å². The zero-order valence-corrected chi connectivity index (χ0v) is 8.73. The second-order valence-corrected chi connectivity index (χ2v) is 2.69. The molecule has 76 valence electrons. The molecule has 0 aliphatic rings. The van der Waals surface area contributed by atoms with Crippen molar-refractivity contribution >= 4 is 0 Å². The molecule has 0 spiro atoms. The van der Waals surface area contributed by atoms with Gasteiger partial charge in [0.25, 0.3) is 0 Å². The predicted octanol–water partition coefficient (Wildman–Crippen LogP) is 2.59.